The van der Waals surface area contributed by atoms with Crippen LogP contribution < -0.4 is 5.84 Å². The molecule has 0 aliphatic heterocycles. The minimum absolute atomic E-state index is 0.103. The topological polar surface area (TPSA) is 49.5 Å². The Balaban J connectivity index is 2.83. The van der Waals surface area contributed by atoms with Gasteiger partial charge in [0.25, 0.3) is 0 Å². The summed E-state index contributed by atoms with van der Waals surface area (Å²) in [5.41, 5.74) is 2.38. The average Bonchev–Trinajstić information content (AvgIpc) is 2.15. The van der Waals surface area contributed by atoms with Gasteiger partial charge in [0, 0.05) is 19.5 Å². The van der Waals surface area contributed by atoms with Gasteiger partial charge in [0.05, 0.1) is 6.61 Å². The molecule has 0 aromatic heterocycles. The van der Waals surface area contributed by atoms with Gasteiger partial charge in [0.1, 0.15) is 0 Å². The predicted molar refractivity (Wildman–Crippen MR) is 57.8 cm³/mol. The van der Waals surface area contributed by atoms with Gasteiger partial charge in [-0.05, 0) is 18.1 Å². The third kappa shape index (κ3) is 2.80. The largest absolute Gasteiger partial charge is 0.396 e. The van der Waals surface area contributed by atoms with E-state index in [0.717, 1.165) is 0 Å². The molecular formula is C11H18N2O. The third-order valence-corrected chi connectivity index (χ3v) is 2.36. The molecule has 0 aliphatic carbocycles. The van der Waals surface area contributed by atoms with Crippen molar-refractivity contribution in [3.05, 3.63) is 35.4 Å². The Morgan fingerprint density at radius 1 is 1.43 bits per heavy atom. The molecule has 0 amide bonds. The summed E-state index contributed by atoms with van der Waals surface area (Å²) < 4.78 is 0. The van der Waals surface area contributed by atoms with Crippen LogP contribution in [0, 0.1) is 6.92 Å². The Morgan fingerprint density at radius 2 is 2.07 bits per heavy atom. The second kappa shape index (κ2) is 5.10. The van der Waals surface area contributed by atoms with Crippen LogP contribution in [-0.2, 0) is 0 Å². The van der Waals surface area contributed by atoms with Gasteiger partial charge in [-0.2, -0.15) is 0 Å². The monoisotopic (exact) mass is 194 g/mol. The maximum absolute atomic E-state index is 9.27. The number of aryl methyl sites for hydroxylation is 1. The van der Waals surface area contributed by atoms with Crippen molar-refractivity contribution in [3.63, 3.8) is 0 Å². The van der Waals surface area contributed by atoms with E-state index in [-0.39, 0.29) is 12.5 Å². The highest BCUT2D eigenvalue weighted by atomic mass is 16.3. The van der Waals surface area contributed by atoms with Gasteiger partial charge in [-0.1, -0.05) is 24.3 Å². The van der Waals surface area contributed by atoms with Crippen molar-refractivity contribution >= 4 is 0 Å². The fourth-order valence-electron chi connectivity index (χ4n) is 1.65. The van der Waals surface area contributed by atoms with E-state index in [2.05, 4.69) is 13.0 Å². The average molecular weight is 194 g/mol. The van der Waals surface area contributed by atoms with E-state index in [1.807, 2.05) is 18.2 Å². The van der Waals surface area contributed by atoms with Gasteiger partial charge in [-0.25, -0.2) is 5.01 Å². The van der Waals surface area contributed by atoms with Crippen LogP contribution in [0.4, 0.5) is 0 Å². The molecular weight excluding hydrogens is 176 g/mol. The lowest BCUT2D eigenvalue weighted by Crippen LogP contribution is -2.32. The van der Waals surface area contributed by atoms with E-state index < -0.39 is 0 Å². The smallest absolute Gasteiger partial charge is 0.0512 e. The van der Waals surface area contributed by atoms with Crippen LogP contribution >= 0.6 is 0 Å². The molecule has 1 aromatic carbocycles. The van der Waals surface area contributed by atoms with Crippen LogP contribution in [0.25, 0.3) is 0 Å². The molecule has 0 fully saturated rings. The highest BCUT2D eigenvalue weighted by Crippen LogP contribution is 2.19. The molecule has 14 heavy (non-hydrogen) atoms. The number of nitrogens with zero attached hydrogens (tertiary/aromatic N) is 1. The molecule has 1 rings (SSSR count). The van der Waals surface area contributed by atoms with E-state index in [0.29, 0.717) is 6.54 Å². The highest BCUT2D eigenvalue weighted by Gasteiger charge is 2.13. The van der Waals surface area contributed by atoms with E-state index in [4.69, 9.17) is 5.84 Å². The van der Waals surface area contributed by atoms with Crippen molar-refractivity contribution in [2.24, 2.45) is 5.84 Å². The number of hydrogen-bond acceptors (Lipinski definition) is 3. The van der Waals surface area contributed by atoms with Crippen LogP contribution in [0.1, 0.15) is 17.0 Å². The van der Waals surface area contributed by atoms with Crippen LogP contribution in [0.5, 0.6) is 0 Å². The Kier molecular flexibility index (Phi) is 4.07. The molecule has 0 bridgehead atoms. The van der Waals surface area contributed by atoms with Crippen molar-refractivity contribution in [2.45, 2.75) is 12.8 Å². The first-order valence-electron chi connectivity index (χ1n) is 4.77. The summed E-state index contributed by atoms with van der Waals surface area (Å²) in [4.78, 5) is 0. The second-order valence-electron chi connectivity index (χ2n) is 3.68. The minimum Gasteiger partial charge on any atom is -0.396 e. The molecule has 0 spiro atoms. The summed E-state index contributed by atoms with van der Waals surface area (Å²) in [5, 5.41) is 10.9. The van der Waals surface area contributed by atoms with Crippen molar-refractivity contribution in [2.75, 3.05) is 20.2 Å². The van der Waals surface area contributed by atoms with Gasteiger partial charge in [0.2, 0.25) is 0 Å². The first-order valence-corrected chi connectivity index (χ1v) is 4.77. The van der Waals surface area contributed by atoms with Crippen LogP contribution in [0.15, 0.2) is 24.3 Å². The number of likely N-dealkylation sites (N-methyl/N-ethyl adjacent to an activating group) is 1. The first kappa shape index (κ1) is 11.2. The van der Waals surface area contributed by atoms with E-state index in [9.17, 15) is 5.11 Å². The lowest BCUT2D eigenvalue weighted by molar-refractivity contribution is 0.222. The quantitative estimate of drug-likeness (QED) is 0.552. The van der Waals surface area contributed by atoms with E-state index in [1.54, 1.807) is 12.1 Å². The molecule has 1 unspecified atom stereocenters. The van der Waals surface area contributed by atoms with Gasteiger partial charge in [-0.15, -0.1) is 0 Å². The number of hydrogen-bond donors (Lipinski definition) is 2. The first-order chi connectivity index (χ1) is 6.65. The number of aliphatic hydroxyl groups is 1. The zero-order valence-corrected chi connectivity index (χ0v) is 8.77. The van der Waals surface area contributed by atoms with Crippen molar-refractivity contribution in [1.29, 1.82) is 0 Å². The maximum Gasteiger partial charge on any atom is 0.0512 e. The summed E-state index contributed by atoms with van der Waals surface area (Å²) in [6.07, 6.45) is 0. The molecule has 1 aromatic rings. The third-order valence-electron chi connectivity index (χ3n) is 2.36. The second-order valence-corrected chi connectivity index (χ2v) is 3.68. The molecule has 0 saturated carbocycles. The molecule has 3 N–H and O–H groups in total. The fraction of sp³-hybridized carbons (Fsp3) is 0.455. The summed E-state index contributed by atoms with van der Waals surface area (Å²) in [7, 11) is 1.81. The molecule has 0 radical (unpaired) electrons. The Bertz CT molecular complexity index is 286. The highest BCUT2D eigenvalue weighted by molar-refractivity contribution is 5.29. The molecule has 1 atom stereocenters. The summed E-state index contributed by atoms with van der Waals surface area (Å²) in [6.45, 7) is 2.85. The molecule has 0 heterocycles. The normalized spacial score (nSPS) is 13.2. The lowest BCUT2D eigenvalue weighted by Gasteiger charge is -2.20. The Morgan fingerprint density at radius 3 is 2.57 bits per heavy atom. The summed E-state index contributed by atoms with van der Waals surface area (Å²) in [5.74, 6) is 5.68. The number of hydrazine groups is 1. The summed E-state index contributed by atoms with van der Waals surface area (Å²) >= 11 is 0. The van der Waals surface area contributed by atoms with Gasteiger partial charge in [-0.3, -0.25) is 5.84 Å². The van der Waals surface area contributed by atoms with Crippen molar-refractivity contribution in [1.82, 2.24) is 5.01 Å². The van der Waals surface area contributed by atoms with E-state index >= 15 is 0 Å². The molecule has 0 saturated heterocycles. The molecule has 3 nitrogen and oxygen atoms in total. The van der Waals surface area contributed by atoms with Crippen LogP contribution in [0.3, 0.4) is 0 Å². The molecule has 0 aliphatic rings. The van der Waals surface area contributed by atoms with Crippen molar-refractivity contribution in [3.8, 4) is 0 Å². The minimum atomic E-state index is 0.103. The van der Waals surface area contributed by atoms with Crippen LogP contribution in [0.2, 0.25) is 0 Å². The number of rotatable bonds is 4. The fourth-order valence-corrected chi connectivity index (χ4v) is 1.65. The SMILES string of the molecule is Cc1ccccc1C(CO)CN(C)N. The predicted octanol–water partition coefficient (Wildman–Crippen LogP) is 0.876. The summed E-state index contributed by atoms with van der Waals surface area (Å²) in [6, 6.07) is 8.08. The number of aliphatic hydroxyl groups excluding tert-OH is 1. The van der Waals surface area contributed by atoms with Gasteiger partial charge < -0.3 is 5.11 Å². The molecule has 3 heteroatoms. The zero-order chi connectivity index (χ0) is 10.6. The number of nitrogens with two attached hydrogens (primary N) is 1. The zero-order valence-electron chi connectivity index (χ0n) is 8.77. The molecule has 78 valence electrons. The van der Waals surface area contributed by atoms with Gasteiger partial charge >= 0.3 is 0 Å². The Hall–Kier alpha value is -0.900. The lowest BCUT2D eigenvalue weighted by atomic mass is 9.95. The Labute approximate surface area is 85.1 Å². The van der Waals surface area contributed by atoms with Crippen molar-refractivity contribution < 1.29 is 5.11 Å². The van der Waals surface area contributed by atoms with E-state index in [1.165, 1.54) is 11.1 Å². The number of benzene rings is 1. The van der Waals surface area contributed by atoms with Gasteiger partial charge in [0.15, 0.2) is 0 Å². The standard InChI is InChI=1S/C11H18N2O/c1-9-5-3-4-6-11(9)10(8-14)7-13(2)12/h3-6,10,14H,7-8,12H2,1-2H3. The van der Waals surface area contributed by atoms with Crippen LogP contribution in [-0.4, -0.2) is 30.3 Å². The maximum atomic E-state index is 9.27.